The van der Waals surface area contributed by atoms with Gasteiger partial charge in [-0.2, -0.15) is 0 Å². The first-order valence-corrected chi connectivity index (χ1v) is 6.41. The number of phenols is 1. The summed E-state index contributed by atoms with van der Waals surface area (Å²) in [5, 5.41) is 9.08. The molecule has 2 atom stereocenters. The molecule has 1 saturated heterocycles. The summed E-state index contributed by atoms with van der Waals surface area (Å²) in [5.74, 6) is -2.66. The van der Waals surface area contributed by atoms with Gasteiger partial charge in [-0.05, 0) is 44.4 Å². The molecule has 1 aliphatic rings. The number of phenolic OH excluding ortho intramolecular Hbond substituents is 1. The average Bonchev–Trinajstić information content (AvgIpc) is 2.31. The Hall–Kier alpha value is -1.16. The molecule has 1 fully saturated rings. The highest BCUT2D eigenvalue weighted by molar-refractivity contribution is 5.30. The third kappa shape index (κ3) is 2.64. The monoisotopic (exact) mass is 255 g/mol. The van der Waals surface area contributed by atoms with Crippen molar-refractivity contribution in [3.8, 4) is 5.75 Å². The van der Waals surface area contributed by atoms with Gasteiger partial charge in [0.25, 0.3) is 0 Å². The quantitative estimate of drug-likeness (QED) is 0.875. The van der Waals surface area contributed by atoms with Crippen LogP contribution in [-0.4, -0.2) is 22.1 Å². The van der Waals surface area contributed by atoms with E-state index in [2.05, 4.69) is 18.7 Å². The Bertz CT molecular complexity index is 403. The van der Waals surface area contributed by atoms with Gasteiger partial charge >= 0.3 is 0 Å². The number of hydrogen-bond acceptors (Lipinski definition) is 2. The molecule has 0 bridgehead atoms. The van der Waals surface area contributed by atoms with E-state index in [0.29, 0.717) is 24.2 Å². The van der Waals surface area contributed by atoms with Gasteiger partial charge in [-0.3, -0.25) is 4.90 Å². The maximum atomic E-state index is 13.3. The zero-order valence-electron chi connectivity index (χ0n) is 10.8. The van der Waals surface area contributed by atoms with E-state index in [1.807, 2.05) is 0 Å². The van der Waals surface area contributed by atoms with E-state index in [1.54, 1.807) is 0 Å². The van der Waals surface area contributed by atoms with E-state index in [0.717, 1.165) is 12.8 Å². The molecule has 1 aromatic carbocycles. The number of likely N-dealkylation sites (tertiary alicyclic amines) is 1. The highest BCUT2D eigenvalue weighted by Gasteiger charge is 2.25. The van der Waals surface area contributed by atoms with E-state index in [9.17, 15) is 8.78 Å². The highest BCUT2D eigenvalue weighted by atomic mass is 19.1. The van der Waals surface area contributed by atoms with E-state index in [1.165, 1.54) is 18.6 Å². The number of halogens is 2. The lowest BCUT2D eigenvalue weighted by molar-refractivity contribution is 0.0950. The van der Waals surface area contributed by atoms with Crippen molar-refractivity contribution < 1.29 is 13.9 Å². The van der Waals surface area contributed by atoms with Gasteiger partial charge in [0.2, 0.25) is 0 Å². The molecule has 1 aliphatic heterocycles. The molecule has 0 saturated carbocycles. The standard InChI is InChI=1S/C14H19F2NO/c1-9-4-3-5-10(2)17(9)8-11-6-12(15)14(18)13(16)7-11/h6-7,9-10,18H,3-5,8H2,1-2H3. The largest absolute Gasteiger partial charge is 0.503 e. The van der Waals surface area contributed by atoms with Gasteiger partial charge in [0.15, 0.2) is 17.4 Å². The molecule has 0 aliphatic carbocycles. The fourth-order valence-corrected chi connectivity index (χ4v) is 2.71. The summed E-state index contributed by atoms with van der Waals surface area (Å²) in [5.41, 5.74) is 0.573. The van der Waals surface area contributed by atoms with Crippen molar-refractivity contribution in [3.63, 3.8) is 0 Å². The summed E-state index contributed by atoms with van der Waals surface area (Å²) in [6.45, 7) is 4.81. The second-order valence-electron chi connectivity index (χ2n) is 5.21. The number of rotatable bonds is 2. The molecule has 0 radical (unpaired) electrons. The summed E-state index contributed by atoms with van der Waals surface area (Å²) < 4.78 is 26.6. The van der Waals surface area contributed by atoms with Crippen LogP contribution < -0.4 is 0 Å². The highest BCUT2D eigenvalue weighted by Crippen LogP contribution is 2.27. The molecule has 4 heteroatoms. The van der Waals surface area contributed by atoms with Gasteiger partial charge in [-0.25, -0.2) is 8.78 Å². The van der Waals surface area contributed by atoms with Gasteiger partial charge < -0.3 is 5.11 Å². The molecule has 0 spiro atoms. The molecule has 1 heterocycles. The Kier molecular flexibility index (Phi) is 3.85. The van der Waals surface area contributed by atoms with Gasteiger partial charge in [-0.15, -0.1) is 0 Å². The first-order valence-electron chi connectivity index (χ1n) is 6.41. The number of nitrogens with zero attached hydrogens (tertiary/aromatic N) is 1. The lowest BCUT2D eigenvalue weighted by Gasteiger charge is -2.39. The predicted octanol–water partition coefficient (Wildman–Crippen LogP) is 3.43. The Morgan fingerprint density at radius 1 is 1.17 bits per heavy atom. The normalized spacial score (nSPS) is 25.3. The summed E-state index contributed by atoms with van der Waals surface area (Å²) in [4.78, 5) is 2.26. The molecule has 2 nitrogen and oxygen atoms in total. The van der Waals surface area contributed by atoms with Gasteiger partial charge in [-0.1, -0.05) is 6.42 Å². The average molecular weight is 255 g/mol. The minimum Gasteiger partial charge on any atom is -0.503 e. The smallest absolute Gasteiger partial charge is 0.187 e. The van der Waals surface area contributed by atoms with Crippen molar-refractivity contribution in [2.24, 2.45) is 0 Å². The summed E-state index contributed by atoms with van der Waals surface area (Å²) in [7, 11) is 0. The maximum absolute atomic E-state index is 13.3. The van der Waals surface area contributed by atoms with Crippen LogP contribution >= 0.6 is 0 Å². The van der Waals surface area contributed by atoms with Crippen molar-refractivity contribution in [1.29, 1.82) is 0 Å². The van der Waals surface area contributed by atoms with E-state index < -0.39 is 17.4 Å². The Morgan fingerprint density at radius 3 is 2.17 bits per heavy atom. The fourth-order valence-electron chi connectivity index (χ4n) is 2.71. The molecule has 1 aromatic rings. The van der Waals surface area contributed by atoms with Crippen molar-refractivity contribution in [2.75, 3.05) is 0 Å². The lowest BCUT2D eigenvalue weighted by Crippen LogP contribution is -2.42. The third-order valence-electron chi connectivity index (χ3n) is 3.82. The van der Waals surface area contributed by atoms with Crippen molar-refractivity contribution in [1.82, 2.24) is 4.90 Å². The van der Waals surface area contributed by atoms with Crippen molar-refractivity contribution >= 4 is 0 Å². The molecule has 2 rings (SSSR count). The van der Waals surface area contributed by atoms with Crippen LogP contribution in [0.3, 0.4) is 0 Å². The summed E-state index contributed by atoms with van der Waals surface area (Å²) in [6, 6.07) is 3.28. The number of hydrogen-bond donors (Lipinski definition) is 1. The second-order valence-corrected chi connectivity index (χ2v) is 5.21. The summed E-state index contributed by atoms with van der Waals surface area (Å²) in [6.07, 6.45) is 3.44. The zero-order chi connectivity index (χ0) is 13.3. The first kappa shape index (κ1) is 13.3. The van der Waals surface area contributed by atoms with E-state index >= 15 is 0 Å². The van der Waals surface area contributed by atoms with Gasteiger partial charge in [0, 0.05) is 18.6 Å². The Balaban J connectivity index is 2.18. The van der Waals surface area contributed by atoms with Gasteiger partial charge in [0.05, 0.1) is 0 Å². The van der Waals surface area contributed by atoms with Crippen LogP contribution in [0.25, 0.3) is 0 Å². The molecule has 0 aromatic heterocycles. The minimum atomic E-state index is -0.890. The van der Waals surface area contributed by atoms with Crippen LogP contribution in [0.4, 0.5) is 8.78 Å². The molecular weight excluding hydrogens is 236 g/mol. The van der Waals surface area contributed by atoms with Crippen LogP contribution in [0.15, 0.2) is 12.1 Å². The summed E-state index contributed by atoms with van der Waals surface area (Å²) >= 11 is 0. The van der Waals surface area contributed by atoms with Crippen LogP contribution in [0, 0.1) is 11.6 Å². The molecule has 100 valence electrons. The minimum absolute atomic E-state index is 0.425. The predicted molar refractivity (Wildman–Crippen MR) is 66.3 cm³/mol. The van der Waals surface area contributed by atoms with Crippen LogP contribution in [0.5, 0.6) is 5.75 Å². The Morgan fingerprint density at radius 2 is 1.67 bits per heavy atom. The lowest BCUT2D eigenvalue weighted by atomic mass is 9.96. The number of benzene rings is 1. The molecule has 1 N–H and O–H groups in total. The van der Waals surface area contributed by atoms with E-state index in [-0.39, 0.29) is 0 Å². The molecule has 0 amide bonds. The van der Waals surface area contributed by atoms with Crippen molar-refractivity contribution in [3.05, 3.63) is 29.3 Å². The van der Waals surface area contributed by atoms with Crippen LogP contribution in [-0.2, 0) is 6.54 Å². The molecular formula is C14H19F2NO. The first-order chi connectivity index (χ1) is 8.49. The Labute approximate surface area is 106 Å². The van der Waals surface area contributed by atoms with E-state index in [4.69, 9.17) is 5.11 Å². The van der Waals surface area contributed by atoms with Crippen molar-refractivity contribution in [2.45, 2.75) is 51.7 Å². The number of aromatic hydroxyl groups is 1. The van der Waals surface area contributed by atoms with Crippen LogP contribution in [0.1, 0.15) is 38.7 Å². The van der Waals surface area contributed by atoms with Crippen LogP contribution in [0.2, 0.25) is 0 Å². The molecule has 18 heavy (non-hydrogen) atoms. The fraction of sp³-hybridized carbons (Fsp3) is 0.571. The third-order valence-corrected chi connectivity index (χ3v) is 3.82. The SMILES string of the molecule is CC1CCCC(C)N1Cc1cc(F)c(O)c(F)c1. The zero-order valence-corrected chi connectivity index (χ0v) is 10.8. The maximum Gasteiger partial charge on any atom is 0.187 e. The topological polar surface area (TPSA) is 23.5 Å². The number of piperidine rings is 1. The molecule has 2 unspecified atom stereocenters. The second kappa shape index (κ2) is 5.22. The van der Waals surface area contributed by atoms with Gasteiger partial charge in [0.1, 0.15) is 0 Å².